The number of ether oxygens (including phenoxy) is 2. The lowest BCUT2D eigenvalue weighted by Crippen LogP contribution is -2.31. The zero-order valence-electron chi connectivity index (χ0n) is 21.2. The number of amides is 1. The van der Waals surface area contributed by atoms with Crippen LogP contribution in [0.25, 0.3) is 21.8 Å². The molecule has 9 nitrogen and oxygen atoms in total. The number of aromatic nitrogens is 4. The number of hydrogen-bond acceptors (Lipinski definition) is 7. The van der Waals surface area contributed by atoms with Crippen LogP contribution in [0.15, 0.2) is 78.0 Å². The molecule has 1 N–H and O–H groups in total. The van der Waals surface area contributed by atoms with Crippen molar-refractivity contribution >= 4 is 27.7 Å². The fourth-order valence-corrected chi connectivity index (χ4v) is 4.50. The van der Waals surface area contributed by atoms with Gasteiger partial charge in [-0.2, -0.15) is 0 Å². The van der Waals surface area contributed by atoms with Crippen molar-refractivity contribution in [3.8, 4) is 11.5 Å². The van der Waals surface area contributed by atoms with Gasteiger partial charge in [-0.3, -0.25) is 19.1 Å². The van der Waals surface area contributed by atoms with Gasteiger partial charge in [0, 0.05) is 49.1 Å². The third-order valence-electron chi connectivity index (χ3n) is 6.44. The molecular weight excluding hydrogens is 482 g/mol. The molecule has 3 heterocycles. The highest BCUT2D eigenvalue weighted by Crippen LogP contribution is 2.27. The van der Waals surface area contributed by atoms with Gasteiger partial charge in [-0.05, 0) is 53.8 Å². The van der Waals surface area contributed by atoms with Crippen LogP contribution in [0.5, 0.6) is 11.5 Å². The number of nitrogens with one attached hydrogen (secondary N) is 1. The molecule has 0 fully saturated rings. The standard InChI is InChI=1S/C29H27N5O4/c1-37-24-9-8-19(17-25(24)38-2)12-16-34-26(33-27-23(29(34)36)7-4-13-31-27)11-15-32-28(35)22-6-3-5-20-18-30-14-10-21(20)22/h3-10,13-14,17-18H,11-12,15-16H2,1-2H3,(H,32,35). The van der Waals surface area contributed by atoms with Crippen molar-refractivity contribution in [1.29, 1.82) is 0 Å². The normalized spacial score (nSPS) is 11.0. The Kier molecular flexibility index (Phi) is 7.26. The lowest BCUT2D eigenvalue weighted by atomic mass is 10.1. The van der Waals surface area contributed by atoms with Crippen LogP contribution in [-0.2, 0) is 19.4 Å². The quantitative estimate of drug-likeness (QED) is 0.324. The van der Waals surface area contributed by atoms with Crippen molar-refractivity contribution in [2.75, 3.05) is 20.8 Å². The first-order chi connectivity index (χ1) is 18.6. The Morgan fingerprint density at radius 2 is 1.82 bits per heavy atom. The molecule has 9 heteroatoms. The number of methoxy groups -OCH3 is 2. The second-order valence-corrected chi connectivity index (χ2v) is 8.71. The number of rotatable bonds is 9. The Bertz CT molecular complexity index is 1680. The minimum atomic E-state index is -0.195. The maximum atomic E-state index is 13.4. The van der Waals surface area contributed by atoms with Crippen LogP contribution in [0.3, 0.4) is 0 Å². The molecule has 0 spiro atoms. The molecule has 0 aliphatic rings. The third-order valence-corrected chi connectivity index (χ3v) is 6.44. The Labute approximate surface area is 219 Å². The Balaban J connectivity index is 1.37. The van der Waals surface area contributed by atoms with E-state index >= 15 is 0 Å². The second-order valence-electron chi connectivity index (χ2n) is 8.71. The monoisotopic (exact) mass is 509 g/mol. The third kappa shape index (κ3) is 5.04. The van der Waals surface area contributed by atoms with Gasteiger partial charge in [0.2, 0.25) is 0 Å². The topological polar surface area (TPSA) is 108 Å². The number of aryl methyl sites for hydroxylation is 1. The SMILES string of the molecule is COc1ccc(CCn2c(CCNC(=O)c3cccc4cnccc34)nc3ncccc3c2=O)cc1OC. The van der Waals surface area contributed by atoms with Gasteiger partial charge in [0.1, 0.15) is 5.82 Å². The predicted octanol–water partition coefficient (Wildman–Crippen LogP) is 3.57. The van der Waals surface area contributed by atoms with Crippen LogP contribution in [0.4, 0.5) is 0 Å². The molecule has 0 saturated carbocycles. The summed E-state index contributed by atoms with van der Waals surface area (Å²) in [5.41, 5.74) is 1.80. The first-order valence-corrected chi connectivity index (χ1v) is 12.3. The predicted molar refractivity (Wildman–Crippen MR) is 145 cm³/mol. The highest BCUT2D eigenvalue weighted by Gasteiger charge is 2.14. The van der Waals surface area contributed by atoms with Crippen LogP contribution in [0.2, 0.25) is 0 Å². The van der Waals surface area contributed by atoms with E-state index in [4.69, 9.17) is 9.47 Å². The lowest BCUT2D eigenvalue weighted by molar-refractivity contribution is 0.0955. The first kappa shape index (κ1) is 24.9. The van der Waals surface area contributed by atoms with E-state index in [1.807, 2.05) is 36.4 Å². The van der Waals surface area contributed by atoms with E-state index in [0.29, 0.717) is 59.9 Å². The molecule has 0 aliphatic carbocycles. The summed E-state index contributed by atoms with van der Waals surface area (Å²) in [4.78, 5) is 39.5. The maximum absolute atomic E-state index is 13.4. The van der Waals surface area contributed by atoms with Crippen LogP contribution in [-0.4, -0.2) is 46.2 Å². The van der Waals surface area contributed by atoms with Gasteiger partial charge in [0.05, 0.1) is 19.6 Å². The van der Waals surface area contributed by atoms with Gasteiger partial charge in [0.25, 0.3) is 11.5 Å². The van der Waals surface area contributed by atoms with Gasteiger partial charge in [-0.25, -0.2) is 9.97 Å². The molecule has 0 saturated heterocycles. The van der Waals surface area contributed by atoms with Crippen molar-refractivity contribution in [1.82, 2.24) is 24.8 Å². The van der Waals surface area contributed by atoms with Crippen LogP contribution < -0.4 is 20.3 Å². The lowest BCUT2D eigenvalue weighted by Gasteiger charge is -2.15. The van der Waals surface area contributed by atoms with Gasteiger partial charge < -0.3 is 14.8 Å². The summed E-state index contributed by atoms with van der Waals surface area (Å²) < 4.78 is 12.4. The molecule has 0 bridgehead atoms. The number of carbonyl (C=O) groups is 1. The van der Waals surface area contributed by atoms with Crippen molar-refractivity contribution in [2.45, 2.75) is 19.4 Å². The molecule has 38 heavy (non-hydrogen) atoms. The number of hydrogen-bond donors (Lipinski definition) is 1. The molecular formula is C29H27N5O4. The Morgan fingerprint density at radius 1 is 0.947 bits per heavy atom. The van der Waals surface area contributed by atoms with Crippen molar-refractivity contribution in [3.63, 3.8) is 0 Å². The molecule has 0 unspecified atom stereocenters. The van der Waals surface area contributed by atoms with Crippen LogP contribution in [0.1, 0.15) is 21.7 Å². The van der Waals surface area contributed by atoms with Crippen LogP contribution in [0, 0.1) is 0 Å². The zero-order chi connectivity index (χ0) is 26.5. The van der Waals surface area contributed by atoms with Crippen LogP contribution >= 0.6 is 0 Å². The molecule has 0 aliphatic heterocycles. The van der Waals surface area contributed by atoms with E-state index < -0.39 is 0 Å². The summed E-state index contributed by atoms with van der Waals surface area (Å²) in [5, 5.41) is 5.15. The average molecular weight is 510 g/mol. The molecule has 0 atom stereocenters. The molecule has 0 radical (unpaired) electrons. The molecule has 192 valence electrons. The summed E-state index contributed by atoms with van der Waals surface area (Å²) in [6.07, 6.45) is 5.96. The zero-order valence-corrected chi connectivity index (χ0v) is 21.2. The van der Waals surface area contributed by atoms with E-state index in [1.54, 1.807) is 55.6 Å². The Hall–Kier alpha value is -4.79. The molecule has 1 amide bonds. The van der Waals surface area contributed by atoms with Gasteiger partial charge >= 0.3 is 0 Å². The highest BCUT2D eigenvalue weighted by molar-refractivity contribution is 6.06. The second kappa shape index (κ2) is 11.1. The number of benzene rings is 2. The summed E-state index contributed by atoms with van der Waals surface area (Å²) >= 11 is 0. The fourth-order valence-electron chi connectivity index (χ4n) is 4.50. The summed E-state index contributed by atoms with van der Waals surface area (Å²) in [7, 11) is 3.18. The average Bonchev–Trinajstić information content (AvgIpc) is 2.96. The van der Waals surface area contributed by atoms with E-state index in [-0.39, 0.29) is 11.5 Å². The highest BCUT2D eigenvalue weighted by atomic mass is 16.5. The van der Waals surface area contributed by atoms with E-state index in [9.17, 15) is 9.59 Å². The number of pyridine rings is 2. The van der Waals surface area contributed by atoms with Gasteiger partial charge in [0.15, 0.2) is 17.1 Å². The minimum absolute atomic E-state index is 0.161. The first-order valence-electron chi connectivity index (χ1n) is 12.3. The minimum Gasteiger partial charge on any atom is -0.493 e. The smallest absolute Gasteiger partial charge is 0.263 e. The van der Waals surface area contributed by atoms with E-state index in [1.165, 1.54) is 0 Å². The number of nitrogens with zero attached hydrogens (tertiary/aromatic N) is 4. The maximum Gasteiger partial charge on any atom is 0.263 e. The van der Waals surface area contributed by atoms with Gasteiger partial charge in [-0.15, -0.1) is 0 Å². The largest absolute Gasteiger partial charge is 0.493 e. The molecule has 3 aromatic heterocycles. The summed E-state index contributed by atoms with van der Waals surface area (Å²) in [5.74, 6) is 1.64. The molecule has 5 aromatic rings. The number of fused-ring (bicyclic) bond motifs is 2. The summed E-state index contributed by atoms with van der Waals surface area (Å²) in [6, 6.07) is 16.5. The van der Waals surface area contributed by atoms with E-state index in [2.05, 4.69) is 20.3 Å². The molecule has 5 rings (SSSR count). The van der Waals surface area contributed by atoms with Crippen molar-refractivity contribution in [2.24, 2.45) is 0 Å². The van der Waals surface area contributed by atoms with Crippen molar-refractivity contribution in [3.05, 3.63) is 100 Å². The molecule has 2 aromatic carbocycles. The summed E-state index contributed by atoms with van der Waals surface area (Å²) in [6.45, 7) is 0.715. The van der Waals surface area contributed by atoms with Crippen molar-refractivity contribution < 1.29 is 14.3 Å². The van der Waals surface area contributed by atoms with E-state index in [0.717, 1.165) is 16.3 Å². The fraction of sp³-hybridized carbons (Fsp3) is 0.207. The number of carbonyl (C=O) groups excluding carboxylic acids is 1. The Morgan fingerprint density at radius 3 is 2.66 bits per heavy atom. The van der Waals surface area contributed by atoms with Gasteiger partial charge in [-0.1, -0.05) is 18.2 Å².